The highest BCUT2D eigenvalue weighted by molar-refractivity contribution is 5.95. The Morgan fingerprint density at radius 2 is 1.79 bits per heavy atom. The molecule has 3 aliphatic heterocycles. The maximum absolute atomic E-state index is 12.9. The molecule has 3 amide bonds. The van der Waals surface area contributed by atoms with Crippen LogP contribution in [0.4, 0.5) is 0 Å². The smallest absolute Gasteiger partial charge is 0.260 e. The number of hydrogen-bond donors (Lipinski definition) is 1. The summed E-state index contributed by atoms with van der Waals surface area (Å²) in [5, 5.41) is 2.93. The van der Waals surface area contributed by atoms with Gasteiger partial charge in [-0.15, -0.1) is 0 Å². The van der Waals surface area contributed by atoms with Gasteiger partial charge in [-0.1, -0.05) is 0 Å². The molecule has 4 rings (SSSR count). The third kappa shape index (κ3) is 4.70. The average molecular weight is 401 g/mol. The second-order valence-corrected chi connectivity index (χ2v) is 7.90. The lowest BCUT2D eigenvalue weighted by molar-refractivity contribution is -0.134. The van der Waals surface area contributed by atoms with E-state index in [1.54, 1.807) is 29.2 Å². The largest absolute Gasteiger partial charge is 0.484 e. The molecular formula is C21H27N3O5. The third-order valence-corrected chi connectivity index (χ3v) is 5.70. The molecule has 0 radical (unpaired) electrons. The second kappa shape index (κ2) is 8.82. The Hall–Kier alpha value is -2.61. The Bertz CT molecular complexity index is 760. The van der Waals surface area contributed by atoms with Crippen molar-refractivity contribution in [1.82, 2.24) is 15.1 Å². The monoisotopic (exact) mass is 401 g/mol. The summed E-state index contributed by atoms with van der Waals surface area (Å²) >= 11 is 0. The van der Waals surface area contributed by atoms with Crippen molar-refractivity contribution in [3.8, 4) is 5.75 Å². The molecule has 0 aliphatic carbocycles. The number of nitrogens with zero attached hydrogens (tertiary/aromatic N) is 2. The summed E-state index contributed by atoms with van der Waals surface area (Å²) in [5.74, 6) is 0.0550. The van der Waals surface area contributed by atoms with Gasteiger partial charge >= 0.3 is 0 Å². The van der Waals surface area contributed by atoms with E-state index in [2.05, 4.69) is 5.32 Å². The fourth-order valence-corrected chi connectivity index (χ4v) is 4.05. The van der Waals surface area contributed by atoms with Gasteiger partial charge in [0.2, 0.25) is 5.91 Å². The predicted octanol–water partition coefficient (Wildman–Crippen LogP) is 0.665. The van der Waals surface area contributed by atoms with E-state index in [4.69, 9.17) is 9.47 Å². The molecule has 1 N–H and O–H groups in total. The van der Waals surface area contributed by atoms with Gasteiger partial charge in [-0.3, -0.25) is 14.4 Å². The van der Waals surface area contributed by atoms with Crippen molar-refractivity contribution in [2.24, 2.45) is 5.92 Å². The number of benzene rings is 1. The van der Waals surface area contributed by atoms with Crippen molar-refractivity contribution in [3.05, 3.63) is 29.8 Å². The lowest BCUT2D eigenvalue weighted by Gasteiger charge is -2.27. The van der Waals surface area contributed by atoms with Crippen LogP contribution < -0.4 is 10.1 Å². The number of ether oxygens (including phenoxy) is 2. The lowest BCUT2D eigenvalue weighted by Crippen LogP contribution is -2.44. The van der Waals surface area contributed by atoms with Crippen LogP contribution in [-0.2, 0) is 14.3 Å². The molecule has 1 aromatic rings. The number of fused-ring (bicyclic) bond motifs is 3. The molecule has 2 bridgehead atoms. The summed E-state index contributed by atoms with van der Waals surface area (Å²) in [7, 11) is 0. The van der Waals surface area contributed by atoms with E-state index in [1.807, 2.05) is 4.90 Å². The number of likely N-dealkylation sites (tertiary alicyclic amines) is 1. The summed E-state index contributed by atoms with van der Waals surface area (Å²) < 4.78 is 11.1. The van der Waals surface area contributed by atoms with Crippen LogP contribution in [0, 0.1) is 5.92 Å². The normalized spacial score (nSPS) is 24.5. The standard InChI is InChI=1S/C21H27N3O5/c25-19(23-8-2-1-3-9-23)14-29-18-6-4-15(5-7-18)21(27)24-10-16-12-28-13-17(11-24)22-20(16)26/h4-7,16-17H,1-3,8-14H2,(H,22,26)/t16-,17+/m1/s1. The number of hydrogen-bond acceptors (Lipinski definition) is 5. The lowest BCUT2D eigenvalue weighted by atomic mass is 10.1. The van der Waals surface area contributed by atoms with E-state index < -0.39 is 0 Å². The zero-order valence-corrected chi connectivity index (χ0v) is 16.5. The average Bonchev–Trinajstić information content (AvgIpc) is 3.01. The predicted molar refractivity (Wildman–Crippen MR) is 105 cm³/mol. The molecular weight excluding hydrogens is 374 g/mol. The zero-order chi connectivity index (χ0) is 20.2. The highest BCUT2D eigenvalue weighted by atomic mass is 16.5. The van der Waals surface area contributed by atoms with Crippen LogP contribution in [0.15, 0.2) is 24.3 Å². The highest BCUT2D eigenvalue weighted by Gasteiger charge is 2.35. The summed E-state index contributed by atoms with van der Waals surface area (Å²) in [4.78, 5) is 40.8. The molecule has 3 aliphatic rings. The van der Waals surface area contributed by atoms with Gasteiger partial charge in [0.15, 0.2) is 6.61 Å². The van der Waals surface area contributed by atoms with E-state index in [1.165, 1.54) is 6.42 Å². The Morgan fingerprint density at radius 1 is 1.03 bits per heavy atom. The van der Waals surface area contributed by atoms with Crippen molar-refractivity contribution in [1.29, 1.82) is 0 Å². The van der Waals surface area contributed by atoms with E-state index in [-0.39, 0.29) is 36.3 Å². The van der Waals surface area contributed by atoms with Gasteiger partial charge in [0.25, 0.3) is 11.8 Å². The highest BCUT2D eigenvalue weighted by Crippen LogP contribution is 2.19. The van der Waals surface area contributed by atoms with Gasteiger partial charge in [-0.25, -0.2) is 0 Å². The van der Waals surface area contributed by atoms with Crippen molar-refractivity contribution in [2.75, 3.05) is 46.0 Å². The van der Waals surface area contributed by atoms with Crippen LogP contribution in [0.1, 0.15) is 29.6 Å². The SMILES string of the molecule is O=C1N[C@@H]2COC[C@H]1CN(C(=O)c1ccc(OCC(=O)N3CCCCC3)cc1)C2. The van der Waals surface area contributed by atoms with Gasteiger partial charge in [0.1, 0.15) is 5.75 Å². The molecule has 0 saturated carbocycles. The summed E-state index contributed by atoms with van der Waals surface area (Å²) in [6.45, 7) is 3.16. The van der Waals surface area contributed by atoms with Gasteiger partial charge < -0.3 is 24.6 Å². The van der Waals surface area contributed by atoms with Crippen molar-refractivity contribution >= 4 is 17.7 Å². The van der Waals surface area contributed by atoms with Crippen LogP contribution in [0.25, 0.3) is 0 Å². The van der Waals surface area contributed by atoms with E-state index in [0.29, 0.717) is 37.6 Å². The summed E-state index contributed by atoms with van der Waals surface area (Å²) in [6, 6.07) is 6.65. The maximum Gasteiger partial charge on any atom is 0.260 e. The van der Waals surface area contributed by atoms with Crippen LogP contribution in [0.2, 0.25) is 0 Å². The molecule has 8 nitrogen and oxygen atoms in total. The number of nitrogens with one attached hydrogen (secondary N) is 1. The third-order valence-electron chi connectivity index (χ3n) is 5.70. The molecule has 1 aromatic carbocycles. The molecule has 0 spiro atoms. The number of carbonyl (C=O) groups excluding carboxylic acids is 3. The fourth-order valence-electron chi connectivity index (χ4n) is 4.05. The van der Waals surface area contributed by atoms with Gasteiger partial charge in [-0.2, -0.15) is 0 Å². The van der Waals surface area contributed by atoms with Crippen molar-refractivity contribution in [2.45, 2.75) is 25.3 Å². The molecule has 0 unspecified atom stereocenters. The first-order valence-corrected chi connectivity index (χ1v) is 10.3. The number of amides is 3. The molecule has 0 aromatic heterocycles. The van der Waals surface area contributed by atoms with Crippen molar-refractivity contribution in [3.63, 3.8) is 0 Å². The first-order chi connectivity index (χ1) is 14.1. The van der Waals surface area contributed by atoms with Crippen LogP contribution >= 0.6 is 0 Å². The zero-order valence-electron chi connectivity index (χ0n) is 16.5. The van der Waals surface area contributed by atoms with Crippen LogP contribution in [0.5, 0.6) is 5.75 Å². The molecule has 2 atom stereocenters. The molecule has 3 saturated heterocycles. The minimum absolute atomic E-state index is 0.000320. The van der Waals surface area contributed by atoms with E-state index >= 15 is 0 Å². The maximum atomic E-state index is 12.9. The number of piperidine rings is 1. The Morgan fingerprint density at radius 3 is 2.55 bits per heavy atom. The van der Waals surface area contributed by atoms with E-state index in [0.717, 1.165) is 25.9 Å². The fraction of sp³-hybridized carbons (Fsp3) is 0.571. The minimum atomic E-state index is -0.338. The molecule has 3 fully saturated rings. The van der Waals surface area contributed by atoms with E-state index in [9.17, 15) is 14.4 Å². The topological polar surface area (TPSA) is 88.2 Å². The quantitative estimate of drug-likeness (QED) is 0.801. The molecule has 29 heavy (non-hydrogen) atoms. The second-order valence-electron chi connectivity index (χ2n) is 7.90. The Kier molecular flexibility index (Phi) is 5.99. The first-order valence-electron chi connectivity index (χ1n) is 10.3. The van der Waals surface area contributed by atoms with Crippen LogP contribution in [-0.4, -0.2) is 79.6 Å². The molecule has 8 heteroatoms. The minimum Gasteiger partial charge on any atom is -0.484 e. The Labute approximate surface area is 170 Å². The Balaban J connectivity index is 1.34. The summed E-state index contributed by atoms with van der Waals surface area (Å²) in [5.41, 5.74) is 0.535. The molecule has 3 heterocycles. The first kappa shape index (κ1) is 19.7. The number of carbonyl (C=O) groups is 3. The van der Waals surface area contributed by atoms with Crippen molar-refractivity contribution < 1.29 is 23.9 Å². The summed E-state index contributed by atoms with van der Waals surface area (Å²) in [6.07, 6.45) is 3.28. The number of rotatable bonds is 4. The molecule has 156 valence electrons. The van der Waals surface area contributed by atoms with Gasteiger partial charge in [0, 0.05) is 31.7 Å². The van der Waals surface area contributed by atoms with Gasteiger partial charge in [0.05, 0.1) is 25.2 Å². The van der Waals surface area contributed by atoms with Gasteiger partial charge in [-0.05, 0) is 43.5 Å². The van der Waals surface area contributed by atoms with Crippen LogP contribution in [0.3, 0.4) is 0 Å².